The maximum atomic E-state index is 12.4. The van der Waals surface area contributed by atoms with E-state index in [1.807, 2.05) is 31.2 Å². The van der Waals surface area contributed by atoms with Crippen LogP contribution in [0.2, 0.25) is 0 Å². The highest BCUT2D eigenvalue weighted by atomic mass is 127. The van der Waals surface area contributed by atoms with Crippen molar-refractivity contribution in [3.05, 3.63) is 66.2 Å². The summed E-state index contributed by atoms with van der Waals surface area (Å²) in [7, 11) is -3.25. The van der Waals surface area contributed by atoms with Crippen molar-refractivity contribution in [3.8, 4) is 0 Å². The quantitative estimate of drug-likeness (QED) is 0.202. The van der Waals surface area contributed by atoms with Gasteiger partial charge in [0.2, 0.25) is 0 Å². The third-order valence-corrected chi connectivity index (χ3v) is 7.14. The smallest absolute Gasteiger partial charge is 0.193 e. The normalized spacial score (nSPS) is 16.6. The summed E-state index contributed by atoms with van der Waals surface area (Å²) in [5.41, 5.74) is 1.19. The van der Waals surface area contributed by atoms with Gasteiger partial charge in [-0.3, -0.25) is 4.99 Å². The number of nitrogens with one attached hydrogen (secondary N) is 1. The molecule has 0 aromatic heterocycles. The monoisotopic (exact) mass is 571 g/mol. The van der Waals surface area contributed by atoms with Gasteiger partial charge in [0, 0.05) is 32.1 Å². The van der Waals surface area contributed by atoms with E-state index in [-0.39, 0.29) is 29.7 Å². The first-order chi connectivity index (χ1) is 15.1. The van der Waals surface area contributed by atoms with E-state index in [9.17, 15) is 8.42 Å². The SMILES string of the molecule is CCNC(=NCCCS(=O)(=O)c1ccccc1)N1CCC(COCc2ccccc2)C1.I. The van der Waals surface area contributed by atoms with Gasteiger partial charge in [-0.25, -0.2) is 8.42 Å². The number of guanidine groups is 1. The first-order valence-electron chi connectivity index (χ1n) is 11.0. The van der Waals surface area contributed by atoms with Crippen LogP contribution in [0.1, 0.15) is 25.3 Å². The molecule has 2 aromatic carbocycles. The van der Waals surface area contributed by atoms with Crippen molar-refractivity contribution in [2.45, 2.75) is 31.3 Å². The Morgan fingerprint density at radius 3 is 2.50 bits per heavy atom. The predicted molar refractivity (Wildman–Crippen MR) is 140 cm³/mol. The molecule has 3 rings (SSSR count). The van der Waals surface area contributed by atoms with Crippen LogP contribution in [0.3, 0.4) is 0 Å². The van der Waals surface area contributed by atoms with E-state index in [0.717, 1.165) is 38.6 Å². The van der Waals surface area contributed by atoms with Crippen LogP contribution in [0, 0.1) is 5.92 Å². The van der Waals surface area contributed by atoms with Gasteiger partial charge in [-0.2, -0.15) is 0 Å². The molecule has 32 heavy (non-hydrogen) atoms. The highest BCUT2D eigenvalue weighted by Crippen LogP contribution is 2.18. The number of benzene rings is 2. The molecule has 1 saturated heterocycles. The van der Waals surface area contributed by atoms with Crippen molar-refractivity contribution < 1.29 is 13.2 Å². The first-order valence-corrected chi connectivity index (χ1v) is 12.7. The van der Waals surface area contributed by atoms with Gasteiger partial charge < -0.3 is 15.0 Å². The van der Waals surface area contributed by atoms with Gasteiger partial charge in [-0.05, 0) is 37.5 Å². The fourth-order valence-corrected chi connectivity index (χ4v) is 5.01. The Balaban J connectivity index is 0.00000363. The number of halogens is 1. The molecule has 0 amide bonds. The van der Waals surface area contributed by atoms with Crippen LogP contribution < -0.4 is 5.32 Å². The van der Waals surface area contributed by atoms with Gasteiger partial charge >= 0.3 is 0 Å². The lowest BCUT2D eigenvalue weighted by atomic mass is 10.1. The molecule has 0 radical (unpaired) electrons. The number of ether oxygens (including phenoxy) is 1. The molecule has 1 aliphatic heterocycles. The van der Waals surface area contributed by atoms with Gasteiger partial charge in [0.15, 0.2) is 15.8 Å². The van der Waals surface area contributed by atoms with Crippen molar-refractivity contribution >= 4 is 39.8 Å². The second kappa shape index (κ2) is 13.8. The predicted octanol–water partition coefficient (Wildman–Crippen LogP) is 3.97. The van der Waals surface area contributed by atoms with Crippen LogP contribution >= 0.6 is 24.0 Å². The molecule has 176 valence electrons. The van der Waals surface area contributed by atoms with E-state index >= 15 is 0 Å². The van der Waals surface area contributed by atoms with Crippen LogP contribution in [0.4, 0.5) is 0 Å². The summed E-state index contributed by atoms with van der Waals surface area (Å²) in [5, 5.41) is 3.34. The molecule has 1 atom stereocenters. The second-order valence-corrected chi connectivity index (χ2v) is 9.93. The minimum atomic E-state index is -3.25. The number of sulfone groups is 1. The van der Waals surface area contributed by atoms with Crippen molar-refractivity contribution in [2.75, 3.05) is 38.5 Å². The zero-order valence-corrected chi connectivity index (χ0v) is 21.8. The van der Waals surface area contributed by atoms with Crippen molar-refractivity contribution in [2.24, 2.45) is 10.9 Å². The van der Waals surface area contributed by atoms with Crippen LogP contribution in [0.25, 0.3) is 0 Å². The number of aliphatic imine (C=N–C) groups is 1. The molecule has 8 heteroatoms. The molecule has 0 saturated carbocycles. The number of likely N-dealkylation sites (tertiary alicyclic amines) is 1. The fraction of sp³-hybridized carbons (Fsp3) is 0.458. The average molecular weight is 572 g/mol. The van der Waals surface area contributed by atoms with Crippen LogP contribution in [0.15, 0.2) is 70.6 Å². The summed E-state index contributed by atoms with van der Waals surface area (Å²) in [6.07, 6.45) is 1.57. The lowest BCUT2D eigenvalue weighted by Gasteiger charge is -2.21. The summed E-state index contributed by atoms with van der Waals surface area (Å²) >= 11 is 0. The standard InChI is InChI=1S/C24H33N3O3S.HI/c1-2-25-24(26-15-9-17-31(28,29)23-12-7-4-8-13-23)27-16-14-22(18-27)20-30-19-21-10-5-3-6-11-21;/h3-8,10-13,22H,2,9,14-20H2,1H3,(H,25,26);1H. The largest absolute Gasteiger partial charge is 0.376 e. The van der Waals surface area contributed by atoms with E-state index in [4.69, 9.17) is 4.74 Å². The minimum Gasteiger partial charge on any atom is -0.376 e. The van der Waals surface area contributed by atoms with E-state index in [2.05, 4.69) is 27.3 Å². The van der Waals surface area contributed by atoms with Crippen LogP contribution in [-0.2, 0) is 21.2 Å². The van der Waals surface area contributed by atoms with Crippen LogP contribution in [0.5, 0.6) is 0 Å². The molecular formula is C24H34IN3O3S. The Labute approximate surface area is 209 Å². The lowest BCUT2D eigenvalue weighted by Crippen LogP contribution is -2.40. The second-order valence-electron chi connectivity index (χ2n) is 7.82. The summed E-state index contributed by atoms with van der Waals surface area (Å²) in [4.78, 5) is 7.31. The van der Waals surface area contributed by atoms with Crippen LogP contribution in [-0.4, -0.2) is 57.8 Å². The zero-order valence-electron chi connectivity index (χ0n) is 18.7. The Kier molecular flexibility index (Phi) is 11.5. The van der Waals surface area contributed by atoms with E-state index < -0.39 is 9.84 Å². The Hall–Kier alpha value is -1.65. The summed E-state index contributed by atoms with van der Waals surface area (Å²) in [6, 6.07) is 18.8. The Morgan fingerprint density at radius 1 is 1.12 bits per heavy atom. The van der Waals surface area contributed by atoms with Gasteiger partial charge in [0.25, 0.3) is 0 Å². The average Bonchev–Trinajstić information content (AvgIpc) is 3.26. The summed E-state index contributed by atoms with van der Waals surface area (Å²) < 4.78 is 30.7. The molecule has 1 heterocycles. The van der Waals surface area contributed by atoms with Gasteiger partial charge in [0.1, 0.15) is 0 Å². The van der Waals surface area contributed by atoms with Gasteiger partial charge in [-0.15, -0.1) is 24.0 Å². The Morgan fingerprint density at radius 2 is 1.81 bits per heavy atom. The summed E-state index contributed by atoms with van der Waals surface area (Å²) in [5.74, 6) is 1.45. The van der Waals surface area contributed by atoms with Gasteiger partial charge in [-0.1, -0.05) is 48.5 Å². The summed E-state index contributed by atoms with van der Waals surface area (Å²) in [6.45, 7) is 6.54. The fourth-order valence-electron chi connectivity index (χ4n) is 3.69. The number of hydrogen-bond donors (Lipinski definition) is 1. The molecule has 1 N–H and O–H groups in total. The Bertz CT molecular complexity index is 924. The molecule has 1 unspecified atom stereocenters. The lowest BCUT2D eigenvalue weighted by molar-refractivity contribution is 0.0907. The third kappa shape index (κ3) is 8.37. The van der Waals surface area contributed by atoms with Crippen molar-refractivity contribution in [3.63, 3.8) is 0 Å². The maximum absolute atomic E-state index is 12.4. The first kappa shape index (κ1) is 26.6. The zero-order chi connectivity index (χ0) is 21.9. The maximum Gasteiger partial charge on any atom is 0.193 e. The molecule has 2 aromatic rings. The van der Waals surface area contributed by atoms with Crippen molar-refractivity contribution in [1.29, 1.82) is 0 Å². The highest BCUT2D eigenvalue weighted by molar-refractivity contribution is 14.0. The van der Waals surface area contributed by atoms with Gasteiger partial charge in [0.05, 0.1) is 23.9 Å². The molecule has 0 aliphatic carbocycles. The highest BCUT2D eigenvalue weighted by Gasteiger charge is 2.25. The topological polar surface area (TPSA) is 71.0 Å². The minimum absolute atomic E-state index is 0. The molecule has 6 nitrogen and oxygen atoms in total. The van der Waals surface area contributed by atoms with Crippen molar-refractivity contribution in [1.82, 2.24) is 10.2 Å². The number of hydrogen-bond acceptors (Lipinski definition) is 4. The third-order valence-electron chi connectivity index (χ3n) is 5.32. The molecule has 0 spiro atoms. The van der Waals surface area contributed by atoms with E-state index in [1.165, 1.54) is 5.56 Å². The number of rotatable bonds is 10. The molecule has 0 bridgehead atoms. The number of nitrogens with zero attached hydrogens (tertiary/aromatic N) is 2. The van der Waals surface area contributed by atoms with E-state index in [1.54, 1.807) is 24.3 Å². The molecule has 1 aliphatic rings. The molecule has 1 fully saturated rings. The molecular weight excluding hydrogens is 537 g/mol. The van der Waals surface area contributed by atoms with E-state index in [0.29, 0.717) is 30.4 Å².